The van der Waals surface area contributed by atoms with Crippen molar-refractivity contribution in [3.63, 3.8) is 0 Å². The topological polar surface area (TPSA) is 40.5 Å². The van der Waals surface area contributed by atoms with E-state index in [1.54, 1.807) is 6.07 Å². The van der Waals surface area contributed by atoms with E-state index in [0.717, 1.165) is 18.8 Å². The molecule has 1 saturated heterocycles. The van der Waals surface area contributed by atoms with Crippen molar-refractivity contribution >= 4 is 11.7 Å². The number of carboxylic acid groups (broad SMARTS) is 1. The van der Waals surface area contributed by atoms with Crippen LogP contribution in [0.15, 0.2) is 18.2 Å². The molecule has 1 aliphatic carbocycles. The van der Waals surface area contributed by atoms with Crippen molar-refractivity contribution in [3.8, 4) is 0 Å². The molecule has 0 atom stereocenters. The number of nitrogens with zero attached hydrogens (tertiary/aromatic N) is 1. The molecular weight excluding hydrogens is 257 g/mol. The highest BCUT2D eigenvalue weighted by atomic mass is 19.1. The number of hydrogen-bond acceptors (Lipinski definition) is 2. The van der Waals surface area contributed by atoms with Crippen LogP contribution in [0.3, 0.4) is 0 Å². The van der Waals surface area contributed by atoms with Crippen molar-refractivity contribution in [1.82, 2.24) is 0 Å². The lowest BCUT2D eigenvalue weighted by atomic mass is 9.73. The van der Waals surface area contributed by atoms with Crippen molar-refractivity contribution in [2.75, 3.05) is 18.0 Å². The zero-order valence-corrected chi connectivity index (χ0v) is 11.6. The Bertz CT molecular complexity index is 513. The Morgan fingerprint density at radius 3 is 2.40 bits per heavy atom. The smallest absolute Gasteiger partial charge is 0.338 e. The van der Waals surface area contributed by atoms with Crippen LogP contribution in [0.5, 0.6) is 0 Å². The first-order valence-corrected chi connectivity index (χ1v) is 7.38. The van der Waals surface area contributed by atoms with Crippen molar-refractivity contribution in [3.05, 3.63) is 29.6 Å². The highest BCUT2D eigenvalue weighted by molar-refractivity contribution is 5.89. The number of rotatable bonds is 2. The van der Waals surface area contributed by atoms with Crippen molar-refractivity contribution < 1.29 is 14.3 Å². The normalized spacial score (nSPS) is 21.4. The van der Waals surface area contributed by atoms with E-state index < -0.39 is 11.8 Å². The number of halogens is 1. The summed E-state index contributed by atoms with van der Waals surface area (Å²) in [7, 11) is 0. The average Bonchev–Trinajstić information content (AvgIpc) is 2.63. The molecular formula is C16H20FNO2. The fraction of sp³-hybridized carbons (Fsp3) is 0.562. The molecule has 0 aromatic heterocycles. The van der Waals surface area contributed by atoms with Crippen LogP contribution in [0.2, 0.25) is 0 Å². The van der Waals surface area contributed by atoms with Crippen LogP contribution in [-0.2, 0) is 0 Å². The van der Waals surface area contributed by atoms with Crippen LogP contribution < -0.4 is 4.90 Å². The molecule has 2 fully saturated rings. The molecule has 1 aromatic rings. The molecule has 3 rings (SSSR count). The molecule has 0 radical (unpaired) electrons. The summed E-state index contributed by atoms with van der Waals surface area (Å²) >= 11 is 0. The second-order valence-electron chi connectivity index (χ2n) is 6.24. The van der Waals surface area contributed by atoms with Gasteiger partial charge in [-0.25, -0.2) is 9.18 Å². The van der Waals surface area contributed by atoms with Gasteiger partial charge in [0.05, 0.1) is 5.56 Å². The first-order chi connectivity index (χ1) is 9.60. The van der Waals surface area contributed by atoms with E-state index >= 15 is 0 Å². The van der Waals surface area contributed by atoms with E-state index in [0.29, 0.717) is 5.41 Å². The molecule has 108 valence electrons. The van der Waals surface area contributed by atoms with Crippen LogP contribution in [0.1, 0.15) is 48.9 Å². The van der Waals surface area contributed by atoms with Crippen molar-refractivity contribution in [1.29, 1.82) is 0 Å². The Balaban J connectivity index is 1.73. The molecule has 0 unspecified atom stereocenters. The Labute approximate surface area is 118 Å². The first kappa shape index (κ1) is 13.4. The van der Waals surface area contributed by atoms with Gasteiger partial charge in [0, 0.05) is 24.2 Å². The van der Waals surface area contributed by atoms with Gasteiger partial charge < -0.3 is 10.0 Å². The third kappa shape index (κ3) is 2.39. The van der Waals surface area contributed by atoms with E-state index in [2.05, 4.69) is 4.90 Å². The SMILES string of the molecule is O=C(O)c1cc(N2CC3(CCCCCC3)C2)ccc1F. The summed E-state index contributed by atoms with van der Waals surface area (Å²) < 4.78 is 13.4. The molecule has 3 nitrogen and oxygen atoms in total. The minimum atomic E-state index is -1.20. The highest BCUT2D eigenvalue weighted by Gasteiger charge is 2.42. The Kier molecular flexibility index (Phi) is 3.40. The molecule has 1 aromatic carbocycles. The molecule has 20 heavy (non-hydrogen) atoms. The standard InChI is InChI=1S/C16H20FNO2/c17-14-6-5-12(9-13(14)15(19)20)18-10-16(11-18)7-3-1-2-4-8-16/h5-6,9H,1-4,7-8,10-11H2,(H,19,20). The molecule has 0 amide bonds. The lowest BCUT2D eigenvalue weighted by Crippen LogP contribution is -2.56. The number of carbonyl (C=O) groups is 1. The summed E-state index contributed by atoms with van der Waals surface area (Å²) in [5, 5.41) is 8.98. The monoisotopic (exact) mass is 277 g/mol. The summed E-state index contributed by atoms with van der Waals surface area (Å²) in [4.78, 5) is 13.2. The molecule has 4 heteroatoms. The maximum atomic E-state index is 13.4. The maximum absolute atomic E-state index is 13.4. The van der Waals surface area contributed by atoms with Gasteiger partial charge in [0.15, 0.2) is 0 Å². The quantitative estimate of drug-likeness (QED) is 0.896. The van der Waals surface area contributed by atoms with Crippen molar-refractivity contribution in [2.45, 2.75) is 38.5 Å². The zero-order chi connectivity index (χ0) is 14.2. The maximum Gasteiger partial charge on any atom is 0.338 e. The molecule has 1 N–H and O–H groups in total. The van der Waals surface area contributed by atoms with Gasteiger partial charge in [-0.15, -0.1) is 0 Å². The predicted molar refractivity (Wildman–Crippen MR) is 75.7 cm³/mol. The molecule has 2 aliphatic rings. The number of hydrogen-bond donors (Lipinski definition) is 1. The second kappa shape index (κ2) is 5.08. The summed E-state index contributed by atoms with van der Waals surface area (Å²) in [6, 6.07) is 4.41. The van der Waals surface area contributed by atoms with Crippen LogP contribution in [-0.4, -0.2) is 24.2 Å². The van der Waals surface area contributed by atoms with Crippen LogP contribution >= 0.6 is 0 Å². The fourth-order valence-electron chi connectivity index (χ4n) is 3.61. The van der Waals surface area contributed by atoms with E-state index in [9.17, 15) is 9.18 Å². The third-order valence-corrected chi connectivity index (χ3v) is 4.76. The van der Waals surface area contributed by atoms with Gasteiger partial charge in [-0.05, 0) is 31.0 Å². The molecule has 1 heterocycles. The molecule has 0 bridgehead atoms. The van der Waals surface area contributed by atoms with Gasteiger partial charge in [-0.3, -0.25) is 0 Å². The number of carboxylic acids is 1. The summed E-state index contributed by atoms with van der Waals surface area (Å²) in [5.41, 5.74) is 1.02. The predicted octanol–water partition coefficient (Wildman–Crippen LogP) is 3.68. The number of anilines is 1. The van der Waals surface area contributed by atoms with Gasteiger partial charge in [0.2, 0.25) is 0 Å². The molecule has 1 saturated carbocycles. The van der Waals surface area contributed by atoms with Crippen LogP contribution in [0, 0.1) is 11.2 Å². The Morgan fingerprint density at radius 2 is 1.80 bits per heavy atom. The first-order valence-electron chi connectivity index (χ1n) is 7.38. The minimum absolute atomic E-state index is 0.232. The summed E-state index contributed by atoms with van der Waals surface area (Å²) in [6.07, 6.45) is 7.82. The van der Waals surface area contributed by atoms with Gasteiger partial charge in [0.1, 0.15) is 5.82 Å². The second-order valence-corrected chi connectivity index (χ2v) is 6.24. The lowest BCUT2D eigenvalue weighted by Gasteiger charge is -2.51. The molecule has 1 spiro atoms. The van der Waals surface area contributed by atoms with Gasteiger partial charge >= 0.3 is 5.97 Å². The van der Waals surface area contributed by atoms with Crippen LogP contribution in [0.25, 0.3) is 0 Å². The summed E-state index contributed by atoms with van der Waals surface area (Å²) in [6.45, 7) is 1.97. The third-order valence-electron chi connectivity index (χ3n) is 4.76. The van der Waals surface area contributed by atoms with Crippen LogP contribution in [0.4, 0.5) is 10.1 Å². The van der Waals surface area contributed by atoms with Crippen molar-refractivity contribution in [2.24, 2.45) is 5.41 Å². The molecule has 1 aliphatic heterocycles. The van der Waals surface area contributed by atoms with Gasteiger partial charge in [-0.2, -0.15) is 0 Å². The van der Waals surface area contributed by atoms with E-state index in [1.807, 2.05) is 0 Å². The average molecular weight is 277 g/mol. The van der Waals surface area contributed by atoms with E-state index in [4.69, 9.17) is 5.11 Å². The highest BCUT2D eigenvalue weighted by Crippen LogP contribution is 2.44. The Morgan fingerprint density at radius 1 is 1.15 bits per heavy atom. The zero-order valence-electron chi connectivity index (χ0n) is 11.6. The van der Waals surface area contributed by atoms with Gasteiger partial charge in [0.25, 0.3) is 0 Å². The largest absolute Gasteiger partial charge is 0.478 e. The number of benzene rings is 1. The van der Waals surface area contributed by atoms with Gasteiger partial charge in [-0.1, -0.05) is 25.7 Å². The minimum Gasteiger partial charge on any atom is -0.478 e. The van der Waals surface area contributed by atoms with E-state index in [1.165, 1.54) is 50.7 Å². The Hall–Kier alpha value is -1.58. The number of aromatic carboxylic acids is 1. The lowest BCUT2D eigenvalue weighted by molar-refractivity contribution is 0.0692. The fourth-order valence-corrected chi connectivity index (χ4v) is 3.61. The van der Waals surface area contributed by atoms with E-state index in [-0.39, 0.29) is 5.56 Å². The summed E-state index contributed by atoms with van der Waals surface area (Å²) in [5.74, 6) is -1.86.